The van der Waals surface area contributed by atoms with Crippen LogP contribution in [-0.2, 0) is 13.0 Å². The van der Waals surface area contributed by atoms with Gasteiger partial charge in [0, 0.05) is 24.0 Å². The van der Waals surface area contributed by atoms with Gasteiger partial charge in [-0.1, -0.05) is 6.07 Å². The van der Waals surface area contributed by atoms with Crippen molar-refractivity contribution >= 4 is 17.3 Å². The van der Waals surface area contributed by atoms with E-state index in [9.17, 15) is 8.78 Å². The molecule has 0 amide bonds. The zero-order valence-corrected chi connectivity index (χ0v) is 13.2. The number of nitrogens with one attached hydrogen (secondary N) is 2. The highest BCUT2D eigenvalue weighted by Crippen LogP contribution is 2.09. The molecule has 0 aliphatic rings. The van der Waals surface area contributed by atoms with E-state index >= 15 is 0 Å². The summed E-state index contributed by atoms with van der Waals surface area (Å²) in [5.74, 6) is -0.394. The van der Waals surface area contributed by atoms with Gasteiger partial charge in [0.25, 0.3) is 0 Å². The summed E-state index contributed by atoms with van der Waals surface area (Å²) in [4.78, 5) is 5.66. The molecule has 22 heavy (non-hydrogen) atoms. The highest BCUT2D eigenvalue weighted by Gasteiger charge is 2.02. The Hall–Kier alpha value is -1.95. The Bertz CT molecular complexity index is 592. The van der Waals surface area contributed by atoms with Gasteiger partial charge in [0.05, 0.1) is 6.54 Å². The maximum absolute atomic E-state index is 13.1. The van der Waals surface area contributed by atoms with Crippen LogP contribution in [0.3, 0.4) is 0 Å². The van der Waals surface area contributed by atoms with E-state index in [4.69, 9.17) is 0 Å². The van der Waals surface area contributed by atoms with Gasteiger partial charge in [0.1, 0.15) is 11.6 Å². The van der Waals surface area contributed by atoms with Crippen molar-refractivity contribution < 1.29 is 8.78 Å². The van der Waals surface area contributed by atoms with Crippen molar-refractivity contribution in [3.05, 3.63) is 57.8 Å². The minimum Gasteiger partial charge on any atom is -0.357 e. The largest absolute Gasteiger partial charge is 0.357 e. The fourth-order valence-corrected chi connectivity index (χ4v) is 2.61. The SMILES string of the molecule is CCNC(=NCc1cccs1)NCCc1cc(F)cc(F)c1. The number of nitrogens with zero attached hydrogens (tertiary/aromatic N) is 1. The second-order valence-electron chi connectivity index (χ2n) is 4.73. The molecule has 0 unspecified atom stereocenters. The van der Waals surface area contributed by atoms with Crippen molar-refractivity contribution in [2.45, 2.75) is 19.9 Å². The molecule has 0 saturated carbocycles. The van der Waals surface area contributed by atoms with Crippen LogP contribution in [0.25, 0.3) is 0 Å². The second kappa shape index (κ2) is 8.48. The molecule has 6 heteroatoms. The molecule has 0 radical (unpaired) electrons. The standard InChI is InChI=1S/C16H19F2N3S/c1-2-19-16(21-11-15-4-3-7-22-15)20-6-5-12-8-13(17)10-14(18)9-12/h3-4,7-10H,2,5-6,11H2,1H3,(H2,19,20,21). The molecular formula is C16H19F2N3S. The van der Waals surface area contributed by atoms with Crippen LogP contribution in [0.4, 0.5) is 8.78 Å². The lowest BCUT2D eigenvalue weighted by Crippen LogP contribution is -2.38. The van der Waals surface area contributed by atoms with Gasteiger partial charge < -0.3 is 10.6 Å². The topological polar surface area (TPSA) is 36.4 Å². The molecule has 0 saturated heterocycles. The summed E-state index contributed by atoms with van der Waals surface area (Å²) in [6, 6.07) is 7.60. The lowest BCUT2D eigenvalue weighted by Gasteiger charge is -2.11. The number of benzene rings is 1. The number of halogens is 2. The summed E-state index contributed by atoms with van der Waals surface area (Å²) in [5.41, 5.74) is 0.624. The van der Waals surface area contributed by atoms with Crippen molar-refractivity contribution in [2.75, 3.05) is 13.1 Å². The monoisotopic (exact) mass is 323 g/mol. The zero-order valence-electron chi connectivity index (χ0n) is 12.4. The molecule has 1 aromatic carbocycles. The first-order valence-electron chi connectivity index (χ1n) is 7.17. The van der Waals surface area contributed by atoms with Gasteiger partial charge in [-0.25, -0.2) is 13.8 Å². The lowest BCUT2D eigenvalue weighted by atomic mass is 10.1. The summed E-state index contributed by atoms with van der Waals surface area (Å²) in [6.45, 7) is 3.91. The number of aliphatic imine (C=N–C) groups is 1. The van der Waals surface area contributed by atoms with Crippen LogP contribution in [-0.4, -0.2) is 19.0 Å². The maximum Gasteiger partial charge on any atom is 0.191 e. The van der Waals surface area contributed by atoms with Gasteiger partial charge in [-0.2, -0.15) is 0 Å². The summed E-state index contributed by atoms with van der Waals surface area (Å²) in [5, 5.41) is 8.34. The van der Waals surface area contributed by atoms with E-state index in [2.05, 4.69) is 15.6 Å². The lowest BCUT2D eigenvalue weighted by molar-refractivity contribution is 0.579. The molecule has 0 atom stereocenters. The normalized spacial score (nSPS) is 11.5. The highest BCUT2D eigenvalue weighted by atomic mass is 32.1. The number of guanidine groups is 1. The average molecular weight is 323 g/mol. The van der Waals surface area contributed by atoms with Crippen molar-refractivity contribution in [1.29, 1.82) is 0 Å². The Balaban J connectivity index is 1.87. The van der Waals surface area contributed by atoms with Crippen LogP contribution in [0.15, 0.2) is 40.7 Å². The molecule has 2 aromatic rings. The first-order chi connectivity index (χ1) is 10.7. The Labute approximate surface area is 133 Å². The Morgan fingerprint density at radius 1 is 1.18 bits per heavy atom. The Morgan fingerprint density at radius 2 is 1.95 bits per heavy atom. The maximum atomic E-state index is 13.1. The number of hydrogen-bond donors (Lipinski definition) is 2. The van der Waals surface area contributed by atoms with E-state index in [0.717, 1.165) is 12.6 Å². The third-order valence-corrected chi connectivity index (χ3v) is 3.81. The first kappa shape index (κ1) is 16.4. The average Bonchev–Trinajstić information content (AvgIpc) is 2.97. The minimum absolute atomic E-state index is 0.526. The van der Waals surface area contributed by atoms with Crippen LogP contribution in [0, 0.1) is 11.6 Å². The summed E-state index contributed by atoms with van der Waals surface area (Å²) in [6.07, 6.45) is 0.526. The Morgan fingerprint density at radius 3 is 2.59 bits per heavy atom. The molecule has 2 rings (SSSR count). The van der Waals surface area contributed by atoms with Crippen molar-refractivity contribution in [3.63, 3.8) is 0 Å². The van der Waals surface area contributed by atoms with E-state index in [0.29, 0.717) is 31.0 Å². The summed E-state index contributed by atoms with van der Waals surface area (Å²) >= 11 is 1.66. The third-order valence-electron chi connectivity index (χ3n) is 2.95. The van der Waals surface area contributed by atoms with E-state index in [-0.39, 0.29) is 0 Å². The smallest absolute Gasteiger partial charge is 0.191 e. The molecule has 0 fully saturated rings. The van der Waals surface area contributed by atoms with Gasteiger partial charge >= 0.3 is 0 Å². The molecule has 1 heterocycles. The first-order valence-corrected chi connectivity index (χ1v) is 8.05. The summed E-state index contributed by atoms with van der Waals surface area (Å²) in [7, 11) is 0. The number of rotatable bonds is 6. The molecule has 118 valence electrons. The van der Waals surface area contributed by atoms with E-state index in [1.807, 2.05) is 24.4 Å². The molecule has 0 aliphatic heterocycles. The van der Waals surface area contributed by atoms with Crippen LogP contribution < -0.4 is 10.6 Å². The fraction of sp³-hybridized carbons (Fsp3) is 0.312. The second-order valence-corrected chi connectivity index (χ2v) is 5.76. The van der Waals surface area contributed by atoms with E-state index < -0.39 is 11.6 Å². The molecule has 3 nitrogen and oxygen atoms in total. The van der Waals surface area contributed by atoms with Crippen LogP contribution >= 0.6 is 11.3 Å². The molecule has 0 bridgehead atoms. The number of hydrogen-bond acceptors (Lipinski definition) is 2. The van der Waals surface area contributed by atoms with Crippen LogP contribution in [0.5, 0.6) is 0 Å². The van der Waals surface area contributed by atoms with Gasteiger partial charge in [-0.15, -0.1) is 11.3 Å². The van der Waals surface area contributed by atoms with Crippen molar-refractivity contribution in [2.24, 2.45) is 4.99 Å². The van der Waals surface area contributed by atoms with Gasteiger partial charge in [0.15, 0.2) is 5.96 Å². The quantitative estimate of drug-likeness (QED) is 0.632. The molecule has 2 N–H and O–H groups in total. The summed E-state index contributed by atoms with van der Waals surface area (Å²) < 4.78 is 26.2. The van der Waals surface area contributed by atoms with Crippen LogP contribution in [0.1, 0.15) is 17.4 Å². The van der Waals surface area contributed by atoms with Gasteiger partial charge in [-0.3, -0.25) is 0 Å². The zero-order chi connectivity index (χ0) is 15.8. The molecule has 1 aromatic heterocycles. The fourth-order valence-electron chi connectivity index (χ4n) is 1.98. The van der Waals surface area contributed by atoms with E-state index in [1.165, 1.54) is 17.0 Å². The molecule has 0 spiro atoms. The molecular weight excluding hydrogens is 304 g/mol. The van der Waals surface area contributed by atoms with Crippen molar-refractivity contribution in [3.8, 4) is 0 Å². The highest BCUT2D eigenvalue weighted by molar-refractivity contribution is 7.09. The van der Waals surface area contributed by atoms with Crippen LogP contribution in [0.2, 0.25) is 0 Å². The van der Waals surface area contributed by atoms with Gasteiger partial charge in [-0.05, 0) is 42.5 Å². The minimum atomic E-state index is -0.548. The number of thiophene rings is 1. The third kappa shape index (κ3) is 5.44. The Kier molecular flexibility index (Phi) is 6.33. The molecule has 0 aliphatic carbocycles. The van der Waals surface area contributed by atoms with Crippen molar-refractivity contribution in [1.82, 2.24) is 10.6 Å². The van der Waals surface area contributed by atoms with Gasteiger partial charge in [0.2, 0.25) is 0 Å². The predicted molar refractivity (Wildman–Crippen MR) is 87.2 cm³/mol. The predicted octanol–water partition coefficient (Wildman–Crippen LogP) is 3.32. The van der Waals surface area contributed by atoms with E-state index in [1.54, 1.807) is 11.3 Å².